The van der Waals surface area contributed by atoms with Crippen LogP contribution < -0.4 is 0 Å². The van der Waals surface area contributed by atoms with E-state index in [-0.39, 0.29) is 11.8 Å². The maximum Gasteiger partial charge on any atom is 0.243 e. The Morgan fingerprint density at radius 3 is 1.97 bits per heavy atom. The fourth-order valence-electron chi connectivity index (χ4n) is 4.10. The van der Waals surface area contributed by atoms with Crippen LogP contribution in [0.5, 0.6) is 0 Å². The number of benzene rings is 2. The molecule has 6 heteroatoms. The second-order valence-electron chi connectivity index (χ2n) is 8.67. The van der Waals surface area contributed by atoms with Crippen LogP contribution in [0.4, 0.5) is 0 Å². The van der Waals surface area contributed by atoms with Gasteiger partial charge in [-0.2, -0.15) is 4.31 Å². The molecule has 4 rings (SSSR count). The van der Waals surface area contributed by atoms with Crippen molar-refractivity contribution in [2.45, 2.75) is 57.0 Å². The predicted octanol–water partition coefficient (Wildman–Crippen LogP) is 3.90. The number of nitrogens with zero attached hydrogens (tertiary/aromatic N) is 2. The Morgan fingerprint density at radius 2 is 1.43 bits per heavy atom. The maximum atomic E-state index is 13.3. The molecule has 0 aromatic heterocycles. The number of carbonyl (C=O) groups is 1. The molecule has 0 N–H and O–H groups in total. The van der Waals surface area contributed by atoms with Crippen LogP contribution in [0, 0.1) is 19.8 Å². The summed E-state index contributed by atoms with van der Waals surface area (Å²) in [6, 6.07) is 15.7. The highest BCUT2D eigenvalue weighted by molar-refractivity contribution is 7.89. The standard InChI is InChI=1S/C24H30N2O3S/c1-18-3-7-20(8-4-18)17-26(22-9-10-22)24(27)21-13-15-25(16-14-21)30(28,29)23-11-5-19(2)6-12-23/h3-8,11-12,21-22H,9-10,13-17H2,1-2H3. The molecule has 0 atom stereocenters. The van der Waals surface area contributed by atoms with Gasteiger partial charge in [0.15, 0.2) is 0 Å². The monoisotopic (exact) mass is 426 g/mol. The van der Waals surface area contributed by atoms with Crippen LogP contribution in [0.1, 0.15) is 42.4 Å². The Balaban J connectivity index is 1.40. The van der Waals surface area contributed by atoms with E-state index >= 15 is 0 Å². The van der Waals surface area contributed by atoms with Gasteiger partial charge in [0, 0.05) is 31.6 Å². The normalized spacial score (nSPS) is 18.3. The third-order valence-corrected chi connectivity index (χ3v) is 8.12. The van der Waals surface area contributed by atoms with E-state index in [1.165, 1.54) is 9.87 Å². The molecule has 160 valence electrons. The summed E-state index contributed by atoms with van der Waals surface area (Å²) < 4.78 is 27.4. The van der Waals surface area contributed by atoms with Crippen molar-refractivity contribution in [3.8, 4) is 0 Å². The first-order valence-electron chi connectivity index (χ1n) is 10.8. The van der Waals surface area contributed by atoms with Crippen LogP contribution in [0.25, 0.3) is 0 Å². The molecule has 1 saturated carbocycles. The van der Waals surface area contributed by atoms with Gasteiger partial charge in [-0.25, -0.2) is 8.42 Å². The molecule has 1 aliphatic carbocycles. The molecule has 2 fully saturated rings. The van der Waals surface area contributed by atoms with Crippen molar-refractivity contribution in [3.05, 3.63) is 65.2 Å². The Labute approximate surface area is 179 Å². The van der Waals surface area contributed by atoms with Crippen molar-refractivity contribution >= 4 is 15.9 Å². The molecule has 0 radical (unpaired) electrons. The summed E-state index contributed by atoms with van der Waals surface area (Å²) in [5, 5.41) is 0. The number of amides is 1. The Hall–Kier alpha value is -2.18. The molecule has 1 amide bonds. The number of carbonyl (C=O) groups excluding carboxylic acids is 1. The van der Waals surface area contributed by atoms with Crippen LogP contribution in [0.2, 0.25) is 0 Å². The van der Waals surface area contributed by atoms with Crippen molar-refractivity contribution in [2.75, 3.05) is 13.1 Å². The number of hydrogen-bond acceptors (Lipinski definition) is 3. The molecule has 5 nitrogen and oxygen atoms in total. The predicted molar refractivity (Wildman–Crippen MR) is 117 cm³/mol. The first-order chi connectivity index (χ1) is 14.3. The summed E-state index contributed by atoms with van der Waals surface area (Å²) in [5.74, 6) is 0.0889. The van der Waals surface area contributed by atoms with Crippen LogP contribution in [-0.2, 0) is 21.4 Å². The van der Waals surface area contributed by atoms with Gasteiger partial charge in [0.05, 0.1) is 4.90 Å². The number of piperidine rings is 1. The Morgan fingerprint density at radius 1 is 0.900 bits per heavy atom. The smallest absolute Gasteiger partial charge is 0.243 e. The van der Waals surface area contributed by atoms with Crippen molar-refractivity contribution in [1.82, 2.24) is 9.21 Å². The van der Waals surface area contributed by atoms with Crippen molar-refractivity contribution < 1.29 is 13.2 Å². The highest BCUT2D eigenvalue weighted by Crippen LogP contribution is 2.32. The van der Waals surface area contributed by atoms with Gasteiger partial charge in [0.1, 0.15) is 0 Å². The Kier molecular flexibility index (Phi) is 5.98. The molecular weight excluding hydrogens is 396 g/mol. The molecular formula is C24H30N2O3S. The lowest BCUT2D eigenvalue weighted by molar-refractivity contribution is -0.138. The minimum Gasteiger partial charge on any atom is -0.335 e. The molecule has 1 saturated heterocycles. The van der Waals surface area contributed by atoms with Crippen molar-refractivity contribution in [3.63, 3.8) is 0 Å². The average Bonchev–Trinajstić information content (AvgIpc) is 3.58. The van der Waals surface area contributed by atoms with Gasteiger partial charge in [-0.1, -0.05) is 47.5 Å². The van der Waals surface area contributed by atoms with E-state index < -0.39 is 10.0 Å². The number of aryl methyl sites for hydroxylation is 2. The molecule has 2 aromatic rings. The zero-order valence-electron chi connectivity index (χ0n) is 17.8. The maximum absolute atomic E-state index is 13.3. The van der Waals surface area contributed by atoms with Crippen molar-refractivity contribution in [1.29, 1.82) is 0 Å². The minimum atomic E-state index is -3.50. The van der Waals surface area contributed by atoms with Crippen molar-refractivity contribution in [2.24, 2.45) is 5.92 Å². The summed E-state index contributed by atoms with van der Waals surface area (Å²) in [5.41, 5.74) is 3.40. The summed E-state index contributed by atoms with van der Waals surface area (Å²) >= 11 is 0. The molecule has 2 aromatic carbocycles. The summed E-state index contributed by atoms with van der Waals surface area (Å²) in [6.45, 7) is 5.44. The Bertz CT molecular complexity index is 988. The molecule has 2 aliphatic rings. The topological polar surface area (TPSA) is 57.7 Å². The van der Waals surface area contributed by atoms with E-state index in [0.717, 1.165) is 24.0 Å². The van der Waals surface area contributed by atoms with Gasteiger partial charge in [0.2, 0.25) is 15.9 Å². The lowest BCUT2D eigenvalue weighted by Crippen LogP contribution is -2.44. The van der Waals surface area contributed by atoms with Gasteiger partial charge < -0.3 is 4.90 Å². The summed E-state index contributed by atoms with van der Waals surface area (Å²) in [7, 11) is -3.50. The zero-order chi connectivity index (χ0) is 21.3. The molecule has 0 bridgehead atoms. The highest BCUT2D eigenvalue weighted by Gasteiger charge is 2.38. The first-order valence-corrected chi connectivity index (χ1v) is 12.2. The van der Waals surface area contributed by atoms with E-state index in [4.69, 9.17) is 0 Å². The minimum absolute atomic E-state index is 0.0967. The molecule has 1 heterocycles. The lowest BCUT2D eigenvalue weighted by Gasteiger charge is -2.34. The highest BCUT2D eigenvalue weighted by atomic mass is 32.2. The second kappa shape index (κ2) is 8.52. The van der Waals surface area contributed by atoms with Gasteiger partial charge in [0.25, 0.3) is 0 Å². The number of hydrogen-bond donors (Lipinski definition) is 0. The summed E-state index contributed by atoms with van der Waals surface area (Å²) in [6.07, 6.45) is 3.30. The zero-order valence-corrected chi connectivity index (χ0v) is 18.6. The van der Waals surface area contributed by atoms with Gasteiger partial charge in [-0.05, 0) is 57.2 Å². The SMILES string of the molecule is Cc1ccc(CN(C(=O)C2CCN(S(=O)(=O)c3ccc(C)cc3)CC2)C2CC2)cc1. The van der Waals surface area contributed by atoms with Crippen LogP contribution >= 0.6 is 0 Å². The van der Waals surface area contributed by atoms with E-state index in [2.05, 4.69) is 31.2 Å². The van der Waals surface area contributed by atoms with Gasteiger partial charge >= 0.3 is 0 Å². The van der Waals surface area contributed by atoms with Gasteiger partial charge in [-0.15, -0.1) is 0 Å². The third-order valence-electron chi connectivity index (χ3n) is 6.21. The van der Waals surface area contributed by atoms with E-state index in [9.17, 15) is 13.2 Å². The first kappa shape index (κ1) is 21.1. The largest absolute Gasteiger partial charge is 0.335 e. The molecule has 30 heavy (non-hydrogen) atoms. The number of sulfonamides is 1. The van der Waals surface area contributed by atoms with Gasteiger partial charge in [-0.3, -0.25) is 4.79 Å². The fourth-order valence-corrected chi connectivity index (χ4v) is 5.57. The van der Waals surface area contributed by atoms with Crippen LogP contribution in [-0.4, -0.2) is 42.7 Å². The lowest BCUT2D eigenvalue weighted by atomic mass is 9.96. The van der Waals surface area contributed by atoms with Crippen LogP contribution in [0.15, 0.2) is 53.4 Å². The second-order valence-corrected chi connectivity index (χ2v) is 10.6. The average molecular weight is 427 g/mol. The molecule has 1 aliphatic heterocycles. The molecule has 0 unspecified atom stereocenters. The van der Waals surface area contributed by atoms with E-state index in [0.29, 0.717) is 43.4 Å². The quantitative estimate of drug-likeness (QED) is 0.704. The molecule has 0 spiro atoms. The van der Waals surface area contributed by atoms with Crippen LogP contribution in [0.3, 0.4) is 0 Å². The third kappa shape index (κ3) is 4.60. The summed E-state index contributed by atoms with van der Waals surface area (Å²) in [4.78, 5) is 15.6. The van der Waals surface area contributed by atoms with E-state index in [1.807, 2.05) is 24.0 Å². The van der Waals surface area contributed by atoms with E-state index in [1.54, 1.807) is 12.1 Å². The fraction of sp³-hybridized carbons (Fsp3) is 0.458. The number of rotatable bonds is 6.